The van der Waals surface area contributed by atoms with Crippen molar-refractivity contribution in [3.8, 4) is 5.75 Å². The number of benzene rings is 1. The second kappa shape index (κ2) is 9.10. The summed E-state index contributed by atoms with van der Waals surface area (Å²) < 4.78 is 42.4. The van der Waals surface area contributed by atoms with E-state index in [1.165, 1.54) is 17.7 Å². The molecule has 3 heterocycles. The molecule has 0 radical (unpaired) electrons. The van der Waals surface area contributed by atoms with Crippen LogP contribution >= 0.6 is 11.3 Å². The molecule has 7 nitrogen and oxygen atoms in total. The smallest absolute Gasteiger partial charge is 0.389 e. The van der Waals surface area contributed by atoms with Crippen molar-refractivity contribution in [1.82, 2.24) is 25.9 Å². The highest BCUT2D eigenvalue weighted by atomic mass is 32.1. The standard InChI is InChI=1S/C24H24F3N5O2S/c1-23(15-5-7-16(8-6-15)34-12-2-11-24(25,26)27)13-17(19-10-9-18(35-19)14-3-4-14)20(22(33)28-23)21-29-31-32-30-21/h5-10,14H,2-4,11-13H2,1H3,(H,28,33)(H,29,30,31,32)/t23-/m0/s1. The van der Waals surface area contributed by atoms with Crippen LogP contribution < -0.4 is 10.1 Å². The molecule has 2 N–H and O–H groups in total. The molecular formula is C24H24F3N5O2S. The molecule has 1 aliphatic carbocycles. The molecule has 5 rings (SSSR count). The third-order valence-electron chi connectivity index (χ3n) is 6.30. The van der Waals surface area contributed by atoms with Gasteiger partial charge in [-0.1, -0.05) is 12.1 Å². The molecule has 1 saturated carbocycles. The number of hydrogen-bond acceptors (Lipinski definition) is 6. The van der Waals surface area contributed by atoms with Gasteiger partial charge in [-0.05, 0) is 77.9 Å². The zero-order chi connectivity index (χ0) is 24.6. The Balaban J connectivity index is 1.39. The van der Waals surface area contributed by atoms with Gasteiger partial charge in [-0.15, -0.1) is 16.4 Å². The van der Waals surface area contributed by atoms with Gasteiger partial charge in [0.15, 0.2) is 5.82 Å². The summed E-state index contributed by atoms with van der Waals surface area (Å²) in [5, 5.41) is 17.1. The highest BCUT2D eigenvalue weighted by Crippen LogP contribution is 2.47. The molecule has 2 aliphatic rings. The summed E-state index contributed by atoms with van der Waals surface area (Å²) in [6, 6.07) is 11.3. The van der Waals surface area contributed by atoms with Gasteiger partial charge in [0.1, 0.15) is 5.75 Å². The lowest BCUT2D eigenvalue weighted by molar-refractivity contribution is -0.136. The number of carbonyl (C=O) groups is 1. The van der Waals surface area contributed by atoms with Gasteiger partial charge in [0, 0.05) is 22.6 Å². The highest BCUT2D eigenvalue weighted by molar-refractivity contribution is 7.13. The molecule has 1 aromatic carbocycles. The number of thiophene rings is 1. The van der Waals surface area contributed by atoms with Gasteiger partial charge in [-0.25, -0.2) is 5.10 Å². The van der Waals surface area contributed by atoms with Crippen molar-refractivity contribution in [1.29, 1.82) is 0 Å². The maximum Gasteiger partial charge on any atom is 0.389 e. The van der Waals surface area contributed by atoms with Crippen molar-refractivity contribution >= 4 is 28.4 Å². The molecule has 1 amide bonds. The lowest BCUT2D eigenvalue weighted by atomic mass is 9.80. The fourth-order valence-electron chi connectivity index (χ4n) is 4.32. The molecule has 35 heavy (non-hydrogen) atoms. The van der Waals surface area contributed by atoms with Crippen molar-refractivity contribution in [2.24, 2.45) is 0 Å². The number of rotatable bonds is 8. The molecule has 0 saturated heterocycles. The van der Waals surface area contributed by atoms with Gasteiger partial charge in [-0.2, -0.15) is 13.2 Å². The average Bonchev–Trinajstić information content (AvgIpc) is 3.29. The number of carbonyl (C=O) groups excluding carboxylic acids is 1. The summed E-state index contributed by atoms with van der Waals surface area (Å²) in [6.07, 6.45) is -2.25. The van der Waals surface area contributed by atoms with Crippen LogP contribution in [0.3, 0.4) is 0 Å². The Kier molecular flexibility index (Phi) is 6.12. The summed E-state index contributed by atoms with van der Waals surface area (Å²) in [6.45, 7) is 1.94. The number of halogens is 3. The number of aromatic nitrogens is 4. The quantitative estimate of drug-likeness (QED) is 0.412. The van der Waals surface area contributed by atoms with E-state index in [1.807, 2.05) is 19.1 Å². The number of nitrogens with zero attached hydrogens (tertiary/aromatic N) is 3. The first-order valence-electron chi connectivity index (χ1n) is 11.4. The largest absolute Gasteiger partial charge is 0.494 e. The number of nitrogens with one attached hydrogen (secondary N) is 2. The van der Waals surface area contributed by atoms with Gasteiger partial charge in [0.25, 0.3) is 5.91 Å². The summed E-state index contributed by atoms with van der Waals surface area (Å²) in [4.78, 5) is 15.7. The minimum Gasteiger partial charge on any atom is -0.494 e. The van der Waals surface area contributed by atoms with E-state index in [4.69, 9.17) is 4.74 Å². The van der Waals surface area contributed by atoms with E-state index in [1.54, 1.807) is 23.5 Å². The first-order chi connectivity index (χ1) is 16.7. The lowest BCUT2D eigenvalue weighted by Gasteiger charge is -2.37. The first kappa shape index (κ1) is 23.5. The molecule has 184 valence electrons. The van der Waals surface area contributed by atoms with Crippen LogP contribution in [0.4, 0.5) is 13.2 Å². The van der Waals surface area contributed by atoms with Crippen LogP contribution in [0.25, 0.3) is 11.1 Å². The maximum absolute atomic E-state index is 13.3. The van der Waals surface area contributed by atoms with Crippen LogP contribution in [-0.4, -0.2) is 39.3 Å². The van der Waals surface area contributed by atoms with Crippen molar-refractivity contribution in [2.75, 3.05) is 6.61 Å². The third-order valence-corrected chi connectivity index (χ3v) is 7.61. The Morgan fingerprint density at radius 1 is 1.17 bits per heavy atom. The molecular weight excluding hydrogens is 479 g/mol. The molecule has 0 bridgehead atoms. The van der Waals surface area contributed by atoms with Gasteiger partial charge in [0.05, 0.1) is 17.7 Å². The average molecular weight is 504 g/mol. The van der Waals surface area contributed by atoms with E-state index in [-0.39, 0.29) is 18.9 Å². The minimum absolute atomic E-state index is 0.0178. The predicted molar refractivity (Wildman–Crippen MR) is 125 cm³/mol. The lowest BCUT2D eigenvalue weighted by Crippen LogP contribution is -2.47. The summed E-state index contributed by atoms with van der Waals surface area (Å²) in [5.41, 5.74) is 1.46. The van der Waals surface area contributed by atoms with Gasteiger partial charge in [0.2, 0.25) is 0 Å². The Morgan fingerprint density at radius 3 is 2.60 bits per heavy atom. The molecule has 11 heteroatoms. The fraction of sp³-hybridized carbons (Fsp3) is 0.417. The number of ether oxygens (including phenoxy) is 1. The molecule has 1 fully saturated rings. The van der Waals surface area contributed by atoms with E-state index in [2.05, 4.69) is 38.1 Å². The number of H-pyrrole nitrogens is 1. The summed E-state index contributed by atoms with van der Waals surface area (Å²) >= 11 is 1.70. The Hall–Kier alpha value is -3.21. The van der Waals surface area contributed by atoms with E-state index in [0.29, 0.717) is 29.5 Å². The Bertz CT molecular complexity index is 1230. The number of aromatic amines is 1. The van der Waals surface area contributed by atoms with Crippen LogP contribution in [-0.2, 0) is 10.3 Å². The monoisotopic (exact) mass is 503 g/mol. The number of amides is 1. The Labute approximate surface area is 203 Å². The molecule has 1 atom stereocenters. The molecule has 0 spiro atoms. The van der Waals surface area contributed by atoms with Gasteiger partial charge in [-0.3, -0.25) is 4.79 Å². The topological polar surface area (TPSA) is 92.8 Å². The first-order valence-corrected chi connectivity index (χ1v) is 12.2. The molecule has 3 aromatic rings. The second-order valence-electron chi connectivity index (χ2n) is 9.13. The van der Waals surface area contributed by atoms with Crippen LogP contribution in [0, 0.1) is 0 Å². The van der Waals surface area contributed by atoms with Crippen molar-refractivity contribution in [2.45, 2.75) is 56.7 Å². The van der Waals surface area contributed by atoms with Crippen molar-refractivity contribution < 1.29 is 22.7 Å². The fourth-order valence-corrected chi connectivity index (χ4v) is 5.55. The Morgan fingerprint density at radius 2 is 1.94 bits per heavy atom. The van der Waals surface area contributed by atoms with Gasteiger partial charge >= 0.3 is 6.18 Å². The maximum atomic E-state index is 13.3. The third kappa shape index (κ3) is 5.24. The number of hydrogen-bond donors (Lipinski definition) is 2. The van der Waals surface area contributed by atoms with Crippen LogP contribution in [0.15, 0.2) is 36.4 Å². The zero-order valence-electron chi connectivity index (χ0n) is 19.0. The van der Waals surface area contributed by atoms with Crippen LogP contribution in [0.1, 0.15) is 66.1 Å². The van der Waals surface area contributed by atoms with E-state index in [0.717, 1.165) is 16.0 Å². The summed E-state index contributed by atoms with van der Waals surface area (Å²) in [5.74, 6) is 1.14. The van der Waals surface area contributed by atoms with Crippen molar-refractivity contribution in [3.63, 3.8) is 0 Å². The summed E-state index contributed by atoms with van der Waals surface area (Å²) in [7, 11) is 0. The molecule has 1 aliphatic heterocycles. The van der Waals surface area contributed by atoms with Gasteiger partial charge < -0.3 is 10.1 Å². The molecule has 2 aromatic heterocycles. The van der Waals surface area contributed by atoms with E-state index < -0.39 is 18.1 Å². The zero-order valence-corrected chi connectivity index (χ0v) is 19.8. The number of alkyl halides is 3. The van der Waals surface area contributed by atoms with Crippen molar-refractivity contribution in [3.05, 3.63) is 57.5 Å². The predicted octanol–water partition coefficient (Wildman–Crippen LogP) is 5.21. The minimum atomic E-state index is -4.19. The van der Waals surface area contributed by atoms with E-state index in [9.17, 15) is 18.0 Å². The second-order valence-corrected chi connectivity index (χ2v) is 10.2. The molecule has 0 unspecified atom stereocenters. The SMILES string of the molecule is C[C@@]1(c2ccc(OCCCC(F)(F)F)cc2)CC(c2ccc(C3CC3)s2)=C(c2nnn[nH]2)C(=O)N1. The van der Waals surface area contributed by atoms with Crippen LogP contribution in [0.5, 0.6) is 5.75 Å². The normalized spacial score (nSPS) is 20.7. The number of tetrazole rings is 1. The highest BCUT2D eigenvalue weighted by Gasteiger charge is 2.40. The van der Waals surface area contributed by atoms with Crippen LogP contribution in [0.2, 0.25) is 0 Å². The van der Waals surface area contributed by atoms with E-state index >= 15 is 0 Å².